The van der Waals surface area contributed by atoms with Gasteiger partial charge >= 0.3 is 37.7 Å². The van der Waals surface area contributed by atoms with Gasteiger partial charge in [0.05, 0.1) is 31.2 Å². The third-order valence-corrected chi connectivity index (χ3v) is 6.42. The van der Waals surface area contributed by atoms with Crippen LogP contribution in [0, 0.1) is 0 Å². The van der Waals surface area contributed by atoms with E-state index in [-0.39, 0.29) is 59.2 Å². The van der Waals surface area contributed by atoms with Gasteiger partial charge in [0.2, 0.25) is 0 Å². The standard InChI is InChI=1S/C16H12Cl2N4O7S2.Ca/c1-8-15(20-19-13-6-11(17)12(18)7-14(13)31(27,28)29)16(23)22(21-8)9-3-2-4-10(5-9)30(24,25)26;/h2-7,15H,1H3,(H,24,25,26)(H,27,28,29);/q;+2/p-2. The van der Waals surface area contributed by atoms with Crippen molar-refractivity contribution in [3.8, 4) is 0 Å². The van der Waals surface area contributed by atoms with Crippen LogP contribution < -0.4 is 5.01 Å². The molecular weight excluding hydrogens is 535 g/mol. The van der Waals surface area contributed by atoms with Gasteiger partial charge in [0.15, 0.2) is 6.04 Å². The monoisotopic (exact) mass is 544 g/mol. The second kappa shape index (κ2) is 9.99. The van der Waals surface area contributed by atoms with Crippen LogP contribution in [0.3, 0.4) is 0 Å². The van der Waals surface area contributed by atoms with Crippen molar-refractivity contribution < 1.29 is 30.7 Å². The molecule has 3 rings (SSSR count). The van der Waals surface area contributed by atoms with Gasteiger partial charge in [-0.1, -0.05) is 29.3 Å². The summed E-state index contributed by atoms with van der Waals surface area (Å²) in [6, 6.07) is 5.17. The number of hydrazone groups is 1. The molecule has 2 aromatic rings. The van der Waals surface area contributed by atoms with Crippen molar-refractivity contribution in [3.63, 3.8) is 0 Å². The van der Waals surface area contributed by atoms with Crippen molar-refractivity contribution in [1.29, 1.82) is 0 Å². The molecule has 164 valence electrons. The van der Waals surface area contributed by atoms with Gasteiger partial charge in [-0.3, -0.25) is 4.79 Å². The van der Waals surface area contributed by atoms with Crippen molar-refractivity contribution in [3.05, 3.63) is 46.4 Å². The van der Waals surface area contributed by atoms with Crippen LogP contribution >= 0.6 is 23.2 Å². The first kappa shape index (κ1) is 27.1. The predicted molar refractivity (Wildman–Crippen MR) is 113 cm³/mol. The molecule has 0 aromatic heterocycles. The Morgan fingerprint density at radius 3 is 2.25 bits per heavy atom. The van der Waals surface area contributed by atoms with E-state index < -0.39 is 47.7 Å². The minimum absolute atomic E-state index is 0. The van der Waals surface area contributed by atoms with Gasteiger partial charge in [-0.05, 0) is 37.3 Å². The molecule has 1 unspecified atom stereocenters. The molecule has 0 spiro atoms. The van der Waals surface area contributed by atoms with Gasteiger partial charge in [-0.2, -0.15) is 20.3 Å². The Morgan fingerprint density at radius 2 is 1.66 bits per heavy atom. The summed E-state index contributed by atoms with van der Waals surface area (Å²) < 4.78 is 68.0. The zero-order valence-electron chi connectivity index (χ0n) is 16.0. The molecule has 0 fully saturated rings. The summed E-state index contributed by atoms with van der Waals surface area (Å²) in [6.07, 6.45) is 0. The van der Waals surface area contributed by atoms with Gasteiger partial charge in [0.25, 0.3) is 5.91 Å². The second-order valence-corrected chi connectivity index (χ2v) is 9.69. The van der Waals surface area contributed by atoms with Crippen LogP contribution in [0.2, 0.25) is 10.0 Å². The van der Waals surface area contributed by atoms with Crippen LogP contribution in [0.25, 0.3) is 0 Å². The van der Waals surface area contributed by atoms with E-state index in [9.17, 15) is 30.7 Å². The van der Waals surface area contributed by atoms with Gasteiger partial charge in [-0.15, -0.1) is 0 Å². The van der Waals surface area contributed by atoms with E-state index in [1.807, 2.05) is 0 Å². The van der Waals surface area contributed by atoms with E-state index in [1.165, 1.54) is 19.1 Å². The number of rotatable bonds is 5. The van der Waals surface area contributed by atoms with Crippen molar-refractivity contribution in [1.82, 2.24) is 0 Å². The minimum Gasteiger partial charge on any atom is -0.744 e. The smallest absolute Gasteiger partial charge is 0.744 e. The Morgan fingerprint density at radius 1 is 1.03 bits per heavy atom. The van der Waals surface area contributed by atoms with Crippen LogP contribution in [-0.4, -0.2) is 81.3 Å². The summed E-state index contributed by atoms with van der Waals surface area (Å²) in [7, 11) is -9.74. The zero-order chi connectivity index (χ0) is 23.1. The molecular formula is C16H10CaCl2N4O7S2. The third kappa shape index (κ3) is 5.85. The first-order valence-corrected chi connectivity index (χ1v) is 11.7. The molecule has 0 aliphatic carbocycles. The van der Waals surface area contributed by atoms with Crippen LogP contribution in [0.4, 0.5) is 11.4 Å². The number of carbonyl (C=O) groups is 1. The minimum atomic E-state index is -4.98. The number of azo groups is 1. The van der Waals surface area contributed by atoms with Gasteiger partial charge < -0.3 is 9.11 Å². The Balaban J connectivity index is 0.00000363. The maximum absolute atomic E-state index is 12.7. The van der Waals surface area contributed by atoms with Gasteiger partial charge in [0, 0.05) is 0 Å². The fourth-order valence-electron chi connectivity index (χ4n) is 2.56. The molecule has 1 aliphatic rings. The van der Waals surface area contributed by atoms with Crippen molar-refractivity contribution >= 4 is 104 Å². The van der Waals surface area contributed by atoms with E-state index in [4.69, 9.17) is 23.2 Å². The largest absolute Gasteiger partial charge is 2.00 e. The van der Waals surface area contributed by atoms with Gasteiger partial charge in [0.1, 0.15) is 25.9 Å². The Hall–Kier alpha value is -1.16. The van der Waals surface area contributed by atoms with E-state index in [2.05, 4.69) is 15.3 Å². The maximum atomic E-state index is 12.7. The van der Waals surface area contributed by atoms with Crippen molar-refractivity contribution in [2.24, 2.45) is 15.3 Å². The Labute approximate surface area is 222 Å². The Bertz CT molecular complexity index is 1360. The number of amides is 1. The number of hydrogen-bond acceptors (Lipinski definition) is 10. The van der Waals surface area contributed by atoms with Gasteiger partial charge in [-0.25, -0.2) is 16.8 Å². The third-order valence-electron chi connectivity index (χ3n) is 4.00. The Kier molecular flexibility index (Phi) is 8.46. The first-order chi connectivity index (χ1) is 14.3. The predicted octanol–water partition coefficient (Wildman–Crippen LogP) is 2.30. The summed E-state index contributed by atoms with van der Waals surface area (Å²) in [5.41, 5.74) is -0.296. The van der Waals surface area contributed by atoms with E-state index in [0.29, 0.717) is 0 Å². The summed E-state index contributed by atoms with van der Waals surface area (Å²) in [4.78, 5) is 11.4. The fraction of sp³-hybridized carbons (Fsp3) is 0.125. The average molecular weight is 545 g/mol. The molecule has 0 saturated carbocycles. The maximum Gasteiger partial charge on any atom is 2.00 e. The quantitative estimate of drug-likeness (QED) is 0.315. The summed E-state index contributed by atoms with van der Waals surface area (Å²) in [6.45, 7) is 1.43. The molecule has 32 heavy (non-hydrogen) atoms. The number of hydrogen-bond donors (Lipinski definition) is 0. The molecule has 1 aliphatic heterocycles. The average Bonchev–Trinajstić information content (AvgIpc) is 2.95. The SMILES string of the molecule is CC1=NN(c2cccc(S(=O)(=O)[O-])c2)C(=O)C1N=Nc1cc(Cl)c(Cl)cc1S(=O)(=O)[O-].[Ca+2]. The summed E-state index contributed by atoms with van der Waals surface area (Å²) >= 11 is 11.6. The first-order valence-electron chi connectivity index (χ1n) is 8.10. The number of carbonyl (C=O) groups excluding carboxylic acids is 1. The number of halogens is 2. The normalized spacial score (nSPS) is 16.9. The van der Waals surface area contributed by atoms with Crippen LogP contribution in [-0.2, 0) is 25.0 Å². The van der Waals surface area contributed by atoms with E-state index in [1.54, 1.807) is 0 Å². The van der Waals surface area contributed by atoms with Crippen LogP contribution in [0.1, 0.15) is 6.92 Å². The molecule has 1 atom stereocenters. The number of benzene rings is 2. The molecule has 16 heteroatoms. The van der Waals surface area contributed by atoms with Crippen molar-refractivity contribution in [2.45, 2.75) is 22.8 Å². The second-order valence-electron chi connectivity index (χ2n) is 6.15. The zero-order valence-corrected chi connectivity index (χ0v) is 21.3. The molecule has 1 heterocycles. The van der Waals surface area contributed by atoms with Crippen LogP contribution in [0.5, 0.6) is 0 Å². The molecule has 2 aromatic carbocycles. The topological polar surface area (TPSA) is 172 Å². The summed E-state index contributed by atoms with van der Waals surface area (Å²) in [5, 5.41) is 12.0. The van der Waals surface area contributed by atoms with E-state index in [0.717, 1.165) is 29.3 Å². The number of nitrogens with zero attached hydrogens (tertiary/aromatic N) is 4. The van der Waals surface area contributed by atoms with Crippen molar-refractivity contribution in [2.75, 3.05) is 5.01 Å². The molecule has 0 bridgehead atoms. The molecule has 11 nitrogen and oxygen atoms in total. The number of anilines is 1. The molecule has 0 radical (unpaired) electrons. The molecule has 0 saturated heterocycles. The van der Waals surface area contributed by atoms with Crippen LogP contribution in [0.15, 0.2) is 61.5 Å². The molecule has 1 amide bonds. The fourth-order valence-corrected chi connectivity index (χ4v) is 4.08. The van der Waals surface area contributed by atoms with E-state index >= 15 is 0 Å². The molecule has 0 N–H and O–H groups in total. The summed E-state index contributed by atoms with van der Waals surface area (Å²) in [5.74, 6) is -0.756.